The Kier molecular flexibility index (Phi) is 6.08. The summed E-state index contributed by atoms with van der Waals surface area (Å²) in [6.07, 6.45) is 10.2. The molecule has 2 heterocycles. The molecular weight excluding hydrogens is 497 g/mol. The third-order valence-corrected chi connectivity index (χ3v) is 8.34. The van der Waals surface area contributed by atoms with E-state index < -0.39 is 5.97 Å². The van der Waals surface area contributed by atoms with Crippen LogP contribution in [0.3, 0.4) is 0 Å². The number of carbonyl (C=O) groups is 1. The number of benzene rings is 1. The number of likely N-dealkylation sites (N-methyl/N-ethyl adjacent to an activating group) is 1. The van der Waals surface area contributed by atoms with Gasteiger partial charge < -0.3 is 14.6 Å². The number of carbonyl (C=O) groups excluding carboxylic acids is 1. The van der Waals surface area contributed by atoms with Crippen LogP contribution in [-0.2, 0) is 10.2 Å². The molecule has 0 saturated heterocycles. The molecule has 0 aliphatic heterocycles. The second-order valence-corrected chi connectivity index (χ2v) is 10.7. The first-order valence-electron chi connectivity index (χ1n) is 12.1. The average molecular weight is 526 g/mol. The van der Waals surface area contributed by atoms with Gasteiger partial charge in [0.2, 0.25) is 0 Å². The van der Waals surface area contributed by atoms with E-state index in [1.807, 2.05) is 44.4 Å². The lowest BCUT2D eigenvalue weighted by atomic mass is 9.55. The highest BCUT2D eigenvalue weighted by atomic mass is 35.5. The largest absolute Gasteiger partial charge is 0.461 e. The van der Waals surface area contributed by atoms with Crippen molar-refractivity contribution >= 4 is 40.1 Å². The molecule has 188 valence electrons. The van der Waals surface area contributed by atoms with Crippen LogP contribution >= 0.6 is 23.2 Å². The normalized spacial score (nSPS) is 17.4. The molecule has 1 N–H and O–H groups in total. The molecule has 8 heteroatoms. The van der Waals surface area contributed by atoms with E-state index in [-0.39, 0.29) is 38.8 Å². The number of allylic oxidation sites excluding steroid dienone is 2. The molecule has 2 aromatic heterocycles. The monoisotopic (exact) mass is 525 g/mol. The van der Waals surface area contributed by atoms with Crippen molar-refractivity contribution in [1.82, 2.24) is 14.5 Å². The number of rotatable bonds is 7. The average Bonchev–Trinajstić information content (AvgIpc) is 3.55. The van der Waals surface area contributed by atoms with Crippen LogP contribution in [0.25, 0.3) is 16.6 Å². The van der Waals surface area contributed by atoms with Gasteiger partial charge in [0.25, 0.3) is 5.56 Å². The topological polar surface area (TPSA) is 67.3 Å². The van der Waals surface area contributed by atoms with Crippen LogP contribution in [0, 0.1) is 5.41 Å². The summed E-state index contributed by atoms with van der Waals surface area (Å²) in [6, 6.07) is 8.00. The Bertz CT molecular complexity index is 1470. The summed E-state index contributed by atoms with van der Waals surface area (Å²) >= 11 is 13.0. The minimum Gasteiger partial charge on any atom is -0.461 e. The fourth-order valence-electron chi connectivity index (χ4n) is 5.69. The SMILES string of the molecule is C=C(N(C)/C=C\C)C1(c2cccc(-n3cc(Cl)c4c(Cl)c(C(=O)OCC)[nH]c4c3=O)c2)CC2(CC2)C1. The molecule has 2 fully saturated rings. The molecule has 5 rings (SSSR count). The van der Waals surface area contributed by atoms with E-state index in [1.165, 1.54) is 17.4 Å². The zero-order valence-corrected chi connectivity index (χ0v) is 22.2. The van der Waals surface area contributed by atoms with Crippen LogP contribution in [-0.4, -0.2) is 34.1 Å². The summed E-state index contributed by atoms with van der Waals surface area (Å²) in [4.78, 5) is 30.8. The van der Waals surface area contributed by atoms with Crippen LogP contribution in [0.4, 0.5) is 0 Å². The molecule has 3 aromatic rings. The standard InChI is InChI=1S/C28H29Cl2N3O3/c1-5-12-32(4)17(3)28(15-27(16-28)10-11-27)18-8-7-9-19(13-18)33-14-20(29)21-22(30)24(26(35)36-6-2)31-23(21)25(33)34/h5,7-9,12-14,31H,3,6,10-11,15-16H2,1-2,4H3/b12-5-. The molecule has 2 aliphatic rings. The van der Waals surface area contributed by atoms with Gasteiger partial charge in [-0.05, 0) is 68.8 Å². The molecule has 0 radical (unpaired) electrons. The molecule has 1 spiro atoms. The quantitative estimate of drug-likeness (QED) is 0.353. The lowest BCUT2D eigenvalue weighted by Gasteiger charge is -2.52. The van der Waals surface area contributed by atoms with Gasteiger partial charge in [0.15, 0.2) is 0 Å². The van der Waals surface area contributed by atoms with Crippen molar-refractivity contribution < 1.29 is 9.53 Å². The summed E-state index contributed by atoms with van der Waals surface area (Å²) < 4.78 is 6.56. The molecule has 0 amide bonds. The van der Waals surface area contributed by atoms with E-state index in [0.717, 1.165) is 24.1 Å². The Balaban J connectivity index is 1.61. The summed E-state index contributed by atoms with van der Waals surface area (Å²) in [5.74, 6) is -0.632. The number of esters is 1. The van der Waals surface area contributed by atoms with Crippen molar-refractivity contribution in [2.24, 2.45) is 5.41 Å². The van der Waals surface area contributed by atoms with Crippen LogP contribution in [0.15, 0.2) is 59.8 Å². The van der Waals surface area contributed by atoms with Gasteiger partial charge >= 0.3 is 5.97 Å². The van der Waals surface area contributed by atoms with Crippen molar-refractivity contribution in [3.63, 3.8) is 0 Å². The Labute approximate surface area is 220 Å². The van der Waals surface area contributed by atoms with Crippen molar-refractivity contribution in [2.45, 2.75) is 44.9 Å². The summed E-state index contributed by atoms with van der Waals surface area (Å²) in [7, 11) is 2.03. The number of H-pyrrole nitrogens is 1. The second kappa shape index (κ2) is 8.86. The molecule has 0 unspecified atom stereocenters. The maximum atomic E-state index is 13.5. The lowest BCUT2D eigenvalue weighted by molar-refractivity contribution is 0.0521. The van der Waals surface area contributed by atoms with Crippen molar-refractivity contribution in [3.05, 3.63) is 86.7 Å². The molecule has 0 bridgehead atoms. The van der Waals surface area contributed by atoms with E-state index >= 15 is 0 Å². The van der Waals surface area contributed by atoms with E-state index in [9.17, 15) is 9.59 Å². The van der Waals surface area contributed by atoms with Gasteiger partial charge in [0.05, 0.1) is 16.7 Å². The van der Waals surface area contributed by atoms with Crippen LogP contribution in [0.2, 0.25) is 10.0 Å². The first kappa shape index (κ1) is 24.7. The number of nitrogens with zero attached hydrogens (tertiary/aromatic N) is 2. The number of nitrogens with one attached hydrogen (secondary N) is 1. The number of halogens is 2. The zero-order valence-electron chi connectivity index (χ0n) is 20.7. The number of hydrogen-bond donors (Lipinski definition) is 1. The van der Waals surface area contributed by atoms with Crippen molar-refractivity contribution in [2.75, 3.05) is 13.7 Å². The van der Waals surface area contributed by atoms with Gasteiger partial charge in [-0.25, -0.2) is 4.79 Å². The first-order chi connectivity index (χ1) is 17.2. The van der Waals surface area contributed by atoms with E-state index in [0.29, 0.717) is 16.5 Å². The summed E-state index contributed by atoms with van der Waals surface area (Å²) in [6.45, 7) is 8.36. The molecule has 2 saturated carbocycles. The van der Waals surface area contributed by atoms with Crippen LogP contribution in [0.5, 0.6) is 0 Å². The predicted octanol–water partition coefficient (Wildman–Crippen LogP) is 6.59. The molecule has 0 atom stereocenters. The van der Waals surface area contributed by atoms with E-state index in [1.54, 1.807) is 13.1 Å². The Morgan fingerprint density at radius 1 is 1.31 bits per heavy atom. The highest BCUT2D eigenvalue weighted by Crippen LogP contribution is 2.71. The smallest absolute Gasteiger partial charge is 0.356 e. The third kappa shape index (κ3) is 3.78. The summed E-state index contributed by atoms with van der Waals surface area (Å²) in [5.41, 5.74) is 2.92. The summed E-state index contributed by atoms with van der Waals surface area (Å²) in [5, 5.41) is 0.656. The molecule has 2 aliphatic carbocycles. The molecule has 6 nitrogen and oxygen atoms in total. The minimum absolute atomic E-state index is 0.0190. The van der Waals surface area contributed by atoms with Gasteiger partial charge in [0, 0.05) is 35.4 Å². The van der Waals surface area contributed by atoms with Gasteiger partial charge in [-0.2, -0.15) is 0 Å². The molecular formula is C28H29Cl2N3O3. The third-order valence-electron chi connectivity index (χ3n) is 7.67. The van der Waals surface area contributed by atoms with Gasteiger partial charge in [-0.15, -0.1) is 0 Å². The second-order valence-electron chi connectivity index (χ2n) is 9.96. The maximum absolute atomic E-state index is 13.5. The van der Waals surface area contributed by atoms with Gasteiger partial charge in [-0.1, -0.05) is 48.0 Å². The zero-order chi connectivity index (χ0) is 25.8. The maximum Gasteiger partial charge on any atom is 0.356 e. The fraction of sp³-hybridized carbons (Fsp3) is 0.357. The number of aromatic amines is 1. The Hall–Kier alpha value is -2.96. The van der Waals surface area contributed by atoms with Gasteiger partial charge in [-0.3, -0.25) is 9.36 Å². The number of aromatic nitrogens is 2. The van der Waals surface area contributed by atoms with Crippen molar-refractivity contribution in [3.8, 4) is 5.69 Å². The fourth-order valence-corrected chi connectivity index (χ4v) is 6.35. The Morgan fingerprint density at radius 3 is 2.67 bits per heavy atom. The molecule has 36 heavy (non-hydrogen) atoms. The highest BCUT2D eigenvalue weighted by molar-refractivity contribution is 6.43. The number of pyridine rings is 1. The minimum atomic E-state index is -0.632. The number of ether oxygens (including phenoxy) is 1. The van der Waals surface area contributed by atoms with E-state index in [2.05, 4.69) is 22.5 Å². The number of hydrogen-bond acceptors (Lipinski definition) is 4. The molecule has 1 aromatic carbocycles. The number of fused-ring (bicyclic) bond motifs is 1. The first-order valence-corrected chi connectivity index (χ1v) is 12.9. The van der Waals surface area contributed by atoms with Gasteiger partial charge in [0.1, 0.15) is 11.2 Å². The van der Waals surface area contributed by atoms with E-state index in [4.69, 9.17) is 27.9 Å². The predicted molar refractivity (Wildman–Crippen MR) is 144 cm³/mol. The lowest BCUT2D eigenvalue weighted by Crippen LogP contribution is -2.47. The Morgan fingerprint density at radius 2 is 2.03 bits per heavy atom. The van der Waals surface area contributed by atoms with Crippen molar-refractivity contribution in [1.29, 1.82) is 0 Å². The highest BCUT2D eigenvalue weighted by Gasteiger charge is 2.62. The van der Waals surface area contributed by atoms with Crippen LogP contribution in [0.1, 0.15) is 55.6 Å². The van der Waals surface area contributed by atoms with Crippen LogP contribution < -0.4 is 5.56 Å².